The van der Waals surface area contributed by atoms with Crippen molar-refractivity contribution in [2.45, 2.75) is 38.3 Å². The third-order valence-corrected chi connectivity index (χ3v) is 4.41. The smallest absolute Gasteiger partial charge is 0.257 e. The van der Waals surface area contributed by atoms with E-state index in [1.54, 1.807) is 6.07 Å². The number of rotatable bonds is 1. The predicted octanol–water partition coefficient (Wildman–Crippen LogP) is 2.70. The summed E-state index contributed by atoms with van der Waals surface area (Å²) in [6.07, 6.45) is 1.15. The first-order valence-electron chi connectivity index (χ1n) is 6.50. The summed E-state index contributed by atoms with van der Waals surface area (Å²) < 4.78 is 0. The molecular formula is C14H17ClN2O2. The molecule has 2 aliphatic heterocycles. The molecule has 2 aliphatic rings. The lowest BCUT2D eigenvalue weighted by molar-refractivity contribution is -0.123. The molecule has 4 nitrogen and oxygen atoms in total. The van der Waals surface area contributed by atoms with Crippen LogP contribution in [0.2, 0.25) is 5.02 Å². The van der Waals surface area contributed by atoms with E-state index in [1.165, 1.54) is 0 Å². The van der Waals surface area contributed by atoms with Crippen molar-refractivity contribution >= 4 is 28.9 Å². The van der Waals surface area contributed by atoms with Gasteiger partial charge in [-0.2, -0.15) is 0 Å². The van der Waals surface area contributed by atoms with Gasteiger partial charge in [-0.05, 0) is 38.8 Å². The first-order chi connectivity index (χ1) is 8.90. The van der Waals surface area contributed by atoms with Gasteiger partial charge in [0.05, 0.1) is 10.7 Å². The van der Waals surface area contributed by atoms with Crippen LogP contribution in [0.4, 0.5) is 11.4 Å². The Morgan fingerprint density at radius 2 is 2.21 bits per heavy atom. The molecule has 1 aromatic rings. The molecule has 0 radical (unpaired) electrons. The molecule has 0 spiro atoms. The third-order valence-electron chi connectivity index (χ3n) is 4.11. The van der Waals surface area contributed by atoms with Gasteiger partial charge in [0.1, 0.15) is 0 Å². The number of amides is 1. The number of aliphatic hydroxyl groups is 1. The maximum Gasteiger partial charge on any atom is 0.257 e. The highest BCUT2D eigenvalue weighted by Gasteiger charge is 2.35. The van der Waals surface area contributed by atoms with Crippen LogP contribution in [0.15, 0.2) is 12.1 Å². The van der Waals surface area contributed by atoms with E-state index < -0.39 is 6.10 Å². The molecule has 2 heterocycles. The molecule has 1 atom stereocenters. The largest absolute Gasteiger partial charge is 0.378 e. The zero-order valence-corrected chi connectivity index (χ0v) is 11.8. The molecule has 0 aliphatic carbocycles. The topological polar surface area (TPSA) is 52.6 Å². The number of benzene rings is 1. The average molecular weight is 281 g/mol. The van der Waals surface area contributed by atoms with Crippen molar-refractivity contribution in [3.8, 4) is 0 Å². The van der Waals surface area contributed by atoms with Gasteiger partial charge in [0, 0.05) is 23.3 Å². The summed E-state index contributed by atoms with van der Waals surface area (Å²) in [6.45, 7) is 5.34. The number of anilines is 2. The Morgan fingerprint density at radius 1 is 1.47 bits per heavy atom. The minimum atomic E-state index is -1.10. The molecular weight excluding hydrogens is 264 g/mol. The van der Waals surface area contributed by atoms with Crippen LogP contribution in [0.3, 0.4) is 0 Å². The fourth-order valence-electron chi connectivity index (χ4n) is 3.01. The highest BCUT2D eigenvalue weighted by molar-refractivity contribution is 6.33. The standard InChI is InChI=1S/C14H17ClN2O2/c1-14(2)4-3-5-17(14)11-7-10-8(6-9(11)15)12(18)13(19)16-10/h6-7,12,18H,3-5H2,1-2H3,(H,16,19). The molecule has 19 heavy (non-hydrogen) atoms. The van der Waals surface area contributed by atoms with Crippen molar-refractivity contribution in [1.29, 1.82) is 0 Å². The van der Waals surface area contributed by atoms with Gasteiger partial charge < -0.3 is 15.3 Å². The van der Waals surface area contributed by atoms with E-state index in [1.807, 2.05) is 6.07 Å². The molecule has 5 heteroatoms. The predicted molar refractivity (Wildman–Crippen MR) is 75.7 cm³/mol. The number of carbonyl (C=O) groups is 1. The number of nitrogens with one attached hydrogen (secondary N) is 1. The summed E-state index contributed by atoms with van der Waals surface area (Å²) in [5, 5.41) is 13.0. The van der Waals surface area contributed by atoms with E-state index in [0.717, 1.165) is 25.1 Å². The molecule has 102 valence electrons. The number of hydrogen-bond acceptors (Lipinski definition) is 3. The highest BCUT2D eigenvalue weighted by Crippen LogP contribution is 2.43. The minimum Gasteiger partial charge on any atom is -0.378 e. The maximum absolute atomic E-state index is 11.5. The lowest BCUT2D eigenvalue weighted by Gasteiger charge is -2.34. The van der Waals surface area contributed by atoms with E-state index >= 15 is 0 Å². The van der Waals surface area contributed by atoms with Gasteiger partial charge in [-0.15, -0.1) is 0 Å². The van der Waals surface area contributed by atoms with E-state index in [-0.39, 0.29) is 11.4 Å². The molecule has 1 aromatic carbocycles. The van der Waals surface area contributed by atoms with Crippen LogP contribution in [0.25, 0.3) is 0 Å². The van der Waals surface area contributed by atoms with Gasteiger partial charge in [-0.25, -0.2) is 0 Å². The zero-order valence-electron chi connectivity index (χ0n) is 11.0. The molecule has 3 rings (SSSR count). The lowest BCUT2D eigenvalue weighted by Crippen LogP contribution is -2.38. The second-order valence-electron chi connectivity index (χ2n) is 5.85. The second kappa shape index (κ2) is 4.12. The van der Waals surface area contributed by atoms with Crippen LogP contribution in [0, 0.1) is 0 Å². The molecule has 0 aromatic heterocycles. The van der Waals surface area contributed by atoms with E-state index in [0.29, 0.717) is 16.3 Å². The van der Waals surface area contributed by atoms with Crippen molar-refractivity contribution < 1.29 is 9.90 Å². The molecule has 2 N–H and O–H groups in total. The minimum absolute atomic E-state index is 0.0686. The Hall–Kier alpha value is -1.26. The summed E-state index contributed by atoms with van der Waals surface area (Å²) in [5.41, 5.74) is 2.23. The van der Waals surface area contributed by atoms with Crippen molar-refractivity contribution in [3.05, 3.63) is 22.7 Å². The van der Waals surface area contributed by atoms with Gasteiger partial charge in [-0.3, -0.25) is 4.79 Å². The highest BCUT2D eigenvalue weighted by atomic mass is 35.5. The normalized spacial score (nSPS) is 24.5. The monoisotopic (exact) mass is 280 g/mol. The van der Waals surface area contributed by atoms with Crippen LogP contribution >= 0.6 is 11.6 Å². The quantitative estimate of drug-likeness (QED) is 0.832. The van der Waals surface area contributed by atoms with Gasteiger partial charge in [0.15, 0.2) is 6.10 Å². The number of halogens is 1. The van der Waals surface area contributed by atoms with Crippen molar-refractivity contribution in [3.63, 3.8) is 0 Å². The van der Waals surface area contributed by atoms with Crippen LogP contribution in [-0.4, -0.2) is 23.1 Å². The zero-order chi connectivity index (χ0) is 13.8. The van der Waals surface area contributed by atoms with E-state index in [2.05, 4.69) is 24.1 Å². The fraction of sp³-hybridized carbons (Fsp3) is 0.500. The van der Waals surface area contributed by atoms with Gasteiger partial charge in [0.25, 0.3) is 5.91 Å². The van der Waals surface area contributed by atoms with Gasteiger partial charge in [-0.1, -0.05) is 11.6 Å². The molecule has 1 saturated heterocycles. The Balaban J connectivity index is 2.06. The SMILES string of the molecule is CC1(C)CCCN1c1cc2c(cc1Cl)C(O)C(=O)N2. The van der Waals surface area contributed by atoms with Crippen LogP contribution in [-0.2, 0) is 4.79 Å². The Bertz CT molecular complexity index is 557. The summed E-state index contributed by atoms with van der Waals surface area (Å²) in [6, 6.07) is 3.57. The van der Waals surface area contributed by atoms with E-state index in [4.69, 9.17) is 11.6 Å². The lowest BCUT2D eigenvalue weighted by atomic mass is 10.0. The number of aliphatic hydroxyl groups excluding tert-OH is 1. The van der Waals surface area contributed by atoms with Crippen molar-refractivity contribution in [2.24, 2.45) is 0 Å². The molecule has 0 bridgehead atoms. The van der Waals surface area contributed by atoms with E-state index in [9.17, 15) is 9.90 Å². The Kier molecular flexibility index (Phi) is 2.76. The second-order valence-corrected chi connectivity index (χ2v) is 6.26. The third kappa shape index (κ3) is 1.90. The van der Waals surface area contributed by atoms with Crippen molar-refractivity contribution in [1.82, 2.24) is 0 Å². The maximum atomic E-state index is 11.5. The van der Waals surface area contributed by atoms with Gasteiger partial charge >= 0.3 is 0 Å². The van der Waals surface area contributed by atoms with Crippen LogP contribution in [0.5, 0.6) is 0 Å². The number of nitrogens with zero attached hydrogens (tertiary/aromatic N) is 1. The first-order valence-corrected chi connectivity index (χ1v) is 6.88. The molecule has 0 saturated carbocycles. The first kappa shape index (κ1) is 12.8. The summed E-state index contributed by atoms with van der Waals surface area (Å²) in [5.74, 6) is -0.385. The summed E-state index contributed by atoms with van der Waals surface area (Å²) in [4.78, 5) is 13.8. The summed E-state index contributed by atoms with van der Waals surface area (Å²) >= 11 is 6.34. The number of hydrogen-bond donors (Lipinski definition) is 2. The van der Waals surface area contributed by atoms with Crippen LogP contribution in [0.1, 0.15) is 38.4 Å². The fourth-order valence-corrected chi connectivity index (χ4v) is 3.29. The molecule has 1 amide bonds. The molecule has 1 fully saturated rings. The van der Waals surface area contributed by atoms with Crippen LogP contribution < -0.4 is 10.2 Å². The van der Waals surface area contributed by atoms with Gasteiger partial charge in [0.2, 0.25) is 0 Å². The summed E-state index contributed by atoms with van der Waals surface area (Å²) in [7, 11) is 0. The van der Waals surface area contributed by atoms with Crippen molar-refractivity contribution in [2.75, 3.05) is 16.8 Å². The Morgan fingerprint density at radius 3 is 2.84 bits per heavy atom. The molecule has 1 unspecified atom stereocenters. The number of carbonyl (C=O) groups excluding carboxylic acids is 1. The average Bonchev–Trinajstić information content (AvgIpc) is 2.81. The Labute approximate surface area is 117 Å². The number of fused-ring (bicyclic) bond motifs is 1.